The number of fused-ring (bicyclic) bond motifs is 1. The van der Waals surface area contributed by atoms with Crippen molar-refractivity contribution in [2.24, 2.45) is 0 Å². The third kappa shape index (κ3) is 4.16. The molecule has 0 aliphatic carbocycles. The number of nitrogens with one attached hydrogen (secondary N) is 2. The number of nitrogens with zero attached hydrogens (tertiary/aromatic N) is 5. The smallest absolute Gasteiger partial charge is 0.278 e. The minimum atomic E-state index is -0.337. The van der Waals surface area contributed by atoms with E-state index < -0.39 is 0 Å². The van der Waals surface area contributed by atoms with Crippen LogP contribution in [-0.2, 0) is 6.54 Å². The Kier molecular flexibility index (Phi) is 5.50. The summed E-state index contributed by atoms with van der Waals surface area (Å²) >= 11 is 5.98. The van der Waals surface area contributed by atoms with Crippen LogP contribution in [0.1, 0.15) is 16.1 Å². The van der Waals surface area contributed by atoms with Gasteiger partial charge >= 0.3 is 0 Å². The zero-order chi connectivity index (χ0) is 22.8. The van der Waals surface area contributed by atoms with Crippen molar-refractivity contribution in [3.63, 3.8) is 0 Å². The molecule has 164 valence electrons. The Morgan fingerprint density at radius 3 is 2.64 bits per heavy atom. The highest BCUT2D eigenvalue weighted by Gasteiger charge is 2.25. The molecule has 0 unspecified atom stereocenters. The van der Waals surface area contributed by atoms with Gasteiger partial charge in [0.1, 0.15) is 5.69 Å². The van der Waals surface area contributed by atoms with Crippen molar-refractivity contribution in [3.8, 4) is 11.3 Å². The molecular formula is C24H20ClN7O. The summed E-state index contributed by atoms with van der Waals surface area (Å²) in [5.41, 5.74) is 4.83. The van der Waals surface area contributed by atoms with Crippen molar-refractivity contribution in [1.29, 1.82) is 0 Å². The number of aromatic nitrogens is 5. The van der Waals surface area contributed by atoms with Crippen molar-refractivity contribution in [3.05, 3.63) is 95.5 Å². The molecule has 0 saturated carbocycles. The second-order valence-electron chi connectivity index (χ2n) is 7.55. The molecule has 5 aromatic rings. The fourth-order valence-corrected chi connectivity index (χ4v) is 3.83. The van der Waals surface area contributed by atoms with Crippen molar-refractivity contribution in [2.75, 3.05) is 17.3 Å². The Morgan fingerprint density at radius 2 is 1.91 bits per heavy atom. The molecule has 1 amide bonds. The highest BCUT2D eigenvalue weighted by atomic mass is 35.5. The van der Waals surface area contributed by atoms with E-state index in [0.29, 0.717) is 28.6 Å². The maximum atomic E-state index is 13.4. The molecule has 8 nitrogen and oxygen atoms in total. The predicted octanol–water partition coefficient (Wildman–Crippen LogP) is 4.66. The summed E-state index contributed by atoms with van der Waals surface area (Å²) in [6.45, 7) is 0.584. The molecule has 0 spiro atoms. The fourth-order valence-electron chi connectivity index (χ4n) is 3.71. The van der Waals surface area contributed by atoms with Crippen molar-refractivity contribution < 1.29 is 4.79 Å². The van der Waals surface area contributed by atoms with E-state index in [2.05, 4.69) is 25.6 Å². The van der Waals surface area contributed by atoms with Crippen LogP contribution in [0.3, 0.4) is 0 Å². The lowest BCUT2D eigenvalue weighted by molar-refractivity contribution is 0.102. The number of carbonyl (C=O) groups excluding carboxylic acids is 1. The first-order valence-electron chi connectivity index (χ1n) is 10.3. The summed E-state index contributed by atoms with van der Waals surface area (Å²) in [6, 6.07) is 18.8. The molecule has 2 aromatic carbocycles. The van der Waals surface area contributed by atoms with Gasteiger partial charge < -0.3 is 10.2 Å². The number of benzene rings is 2. The minimum Gasteiger partial charge on any atom is -0.365 e. The largest absolute Gasteiger partial charge is 0.365 e. The van der Waals surface area contributed by atoms with Gasteiger partial charge in [0.2, 0.25) is 0 Å². The number of rotatable bonds is 6. The monoisotopic (exact) mass is 457 g/mol. The summed E-state index contributed by atoms with van der Waals surface area (Å²) in [5.74, 6) is -0.337. The standard InChI is InChI=1S/C24H20ClN7O/c1-31(15-16-5-3-2-4-6-16)22-21(24(33)29-19-9-7-18(25)8-10-19)30-32-20(11-12-26-23(22)32)17-13-27-28-14-17/h2-14H,15H2,1H3,(H,27,28)(H,29,33). The molecule has 2 N–H and O–H groups in total. The Morgan fingerprint density at radius 1 is 1.12 bits per heavy atom. The molecule has 0 radical (unpaired) electrons. The zero-order valence-corrected chi connectivity index (χ0v) is 18.5. The molecule has 0 saturated heterocycles. The Hall–Kier alpha value is -4.17. The minimum absolute atomic E-state index is 0.270. The van der Waals surface area contributed by atoms with Crippen LogP contribution in [0.25, 0.3) is 16.9 Å². The molecule has 33 heavy (non-hydrogen) atoms. The number of carbonyl (C=O) groups is 1. The number of amides is 1. The Labute approximate surface area is 194 Å². The number of hydrogen-bond donors (Lipinski definition) is 2. The van der Waals surface area contributed by atoms with Gasteiger partial charge in [-0.05, 0) is 35.9 Å². The second-order valence-corrected chi connectivity index (χ2v) is 7.99. The van der Waals surface area contributed by atoms with Gasteiger partial charge in [-0.3, -0.25) is 9.89 Å². The van der Waals surface area contributed by atoms with Crippen LogP contribution in [0.2, 0.25) is 5.02 Å². The van der Waals surface area contributed by atoms with E-state index in [0.717, 1.165) is 16.8 Å². The fraction of sp³-hybridized carbons (Fsp3) is 0.0833. The lowest BCUT2D eigenvalue weighted by Gasteiger charge is -2.19. The van der Waals surface area contributed by atoms with E-state index in [1.165, 1.54) is 0 Å². The summed E-state index contributed by atoms with van der Waals surface area (Å²) in [4.78, 5) is 19.9. The lowest BCUT2D eigenvalue weighted by Crippen LogP contribution is -2.21. The van der Waals surface area contributed by atoms with Gasteiger partial charge in [-0.15, -0.1) is 0 Å². The van der Waals surface area contributed by atoms with Gasteiger partial charge in [-0.25, -0.2) is 9.50 Å². The van der Waals surface area contributed by atoms with Crippen LogP contribution in [0, 0.1) is 0 Å². The maximum absolute atomic E-state index is 13.4. The van der Waals surface area contributed by atoms with E-state index in [4.69, 9.17) is 11.6 Å². The summed E-state index contributed by atoms with van der Waals surface area (Å²) < 4.78 is 1.68. The molecule has 0 atom stereocenters. The number of aromatic amines is 1. The summed E-state index contributed by atoms with van der Waals surface area (Å²) in [5, 5.41) is 15.0. The Bertz CT molecular complexity index is 1400. The molecule has 0 aliphatic heterocycles. The van der Waals surface area contributed by atoms with Crippen LogP contribution in [0.4, 0.5) is 11.4 Å². The predicted molar refractivity (Wildman–Crippen MR) is 129 cm³/mol. The lowest BCUT2D eigenvalue weighted by atomic mass is 10.2. The molecule has 9 heteroatoms. The number of H-pyrrole nitrogens is 1. The molecule has 0 bridgehead atoms. The quantitative estimate of drug-likeness (QED) is 0.387. The topological polar surface area (TPSA) is 91.2 Å². The maximum Gasteiger partial charge on any atom is 0.278 e. The molecule has 5 rings (SSSR count). The molecular weight excluding hydrogens is 438 g/mol. The van der Waals surface area contributed by atoms with E-state index in [-0.39, 0.29) is 11.6 Å². The normalized spacial score (nSPS) is 11.0. The average molecular weight is 458 g/mol. The third-order valence-corrected chi connectivity index (χ3v) is 5.50. The average Bonchev–Trinajstić information content (AvgIpc) is 3.49. The third-order valence-electron chi connectivity index (χ3n) is 5.25. The second kappa shape index (κ2) is 8.76. The van der Waals surface area contributed by atoms with Crippen LogP contribution < -0.4 is 10.2 Å². The van der Waals surface area contributed by atoms with Crippen molar-refractivity contribution in [2.45, 2.75) is 6.54 Å². The van der Waals surface area contributed by atoms with Crippen LogP contribution in [-0.4, -0.2) is 37.8 Å². The summed E-state index contributed by atoms with van der Waals surface area (Å²) in [6.07, 6.45) is 5.19. The molecule has 3 aromatic heterocycles. The molecule has 0 aliphatic rings. The van der Waals surface area contributed by atoms with Crippen molar-refractivity contribution in [1.82, 2.24) is 24.8 Å². The zero-order valence-electron chi connectivity index (χ0n) is 17.7. The first-order valence-corrected chi connectivity index (χ1v) is 10.7. The highest BCUT2D eigenvalue weighted by Crippen LogP contribution is 2.30. The first-order chi connectivity index (χ1) is 16.1. The number of anilines is 2. The van der Waals surface area contributed by atoms with Gasteiger partial charge in [-0.1, -0.05) is 41.9 Å². The summed E-state index contributed by atoms with van der Waals surface area (Å²) in [7, 11) is 1.93. The van der Waals surface area contributed by atoms with Gasteiger partial charge in [0.15, 0.2) is 11.3 Å². The molecule has 3 heterocycles. The van der Waals surface area contributed by atoms with E-state index in [1.807, 2.05) is 48.3 Å². The highest BCUT2D eigenvalue weighted by molar-refractivity contribution is 6.30. The Balaban J connectivity index is 1.61. The first kappa shape index (κ1) is 20.7. The van der Waals surface area contributed by atoms with Crippen LogP contribution in [0.15, 0.2) is 79.3 Å². The van der Waals surface area contributed by atoms with Gasteiger partial charge in [0.05, 0.1) is 11.9 Å². The SMILES string of the molecule is CN(Cc1ccccc1)c1c(C(=O)Nc2ccc(Cl)cc2)nn2c(-c3cn[nH]c3)ccnc12. The van der Waals surface area contributed by atoms with Gasteiger partial charge in [0, 0.05) is 42.3 Å². The van der Waals surface area contributed by atoms with E-state index in [1.54, 1.807) is 47.4 Å². The van der Waals surface area contributed by atoms with Crippen molar-refractivity contribution >= 4 is 34.5 Å². The van der Waals surface area contributed by atoms with Gasteiger partial charge in [-0.2, -0.15) is 10.2 Å². The van der Waals surface area contributed by atoms with E-state index >= 15 is 0 Å². The van der Waals surface area contributed by atoms with Crippen LogP contribution >= 0.6 is 11.6 Å². The van der Waals surface area contributed by atoms with Gasteiger partial charge in [0.25, 0.3) is 5.91 Å². The van der Waals surface area contributed by atoms with Crippen LogP contribution in [0.5, 0.6) is 0 Å². The number of halogens is 1. The van der Waals surface area contributed by atoms with E-state index in [9.17, 15) is 4.79 Å². The molecule has 0 fully saturated rings. The number of hydrogen-bond acceptors (Lipinski definition) is 5.